The van der Waals surface area contributed by atoms with E-state index in [1.54, 1.807) is 0 Å². The Morgan fingerprint density at radius 2 is 1.79 bits per heavy atom. The monoisotopic (exact) mass is 196 g/mol. The summed E-state index contributed by atoms with van der Waals surface area (Å²) in [7, 11) is 0. The summed E-state index contributed by atoms with van der Waals surface area (Å²) < 4.78 is 0. The SMILES string of the molecule is C=CC(C)=CCCC(C)(O)C(C)(C)C. The maximum absolute atomic E-state index is 10.2. The van der Waals surface area contributed by atoms with Crippen LogP contribution in [0.1, 0.15) is 47.5 Å². The first kappa shape index (κ1) is 13.4. The maximum atomic E-state index is 10.2. The molecule has 0 saturated carbocycles. The summed E-state index contributed by atoms with van der Waals surface area (Å²) >= 11 is 0. The molecule has 1 heteroatoms. The van der Waals surface area contributed by atoms with Gasteiger partial charge in [-0.1, -0.05) is 45.1 Å². The standard InChI is InChI=1S/C13H24O/c1-7-11(2)9-8-10-13(6,14)12(3,4)5/h7,9,14H,1,8,10H2,2-6H3. The van der Waals surface area contributed by atoms with Crippen LogP contribution < -0.4 is 0 Å². The average molecular weight is 196 g/mol. The lowest BCUT2D eigenvalue weighted by molar-refractivity contribution is -0.0471. The summed E-state index contributed by atoms with van der Waals surface area (Å²) in [6.07, 6.45) is 5.66. The predicted molar refractivity (Wildman–Crippen MR) is 63.3 cm³/mol. The molecule has 0 spiro atoms. The van der Waals surface area contributed by atoms with Gasteiger partial charge in [-0.05, 0) is 32.1 Å². The molecule has 0 aliphatic rings. The molecule has 0 aliphatic carbocycles. The smallest absolute Gasteiger partial charge is 0.0670 e. The normalized spacial score (nSPS) is 17.7. The average Bonchev–Trinajstić information content (AvgIpc) is 2.01. The molecule has 0 saturated heterocycles. The fourth-order valence-corrected chi connectivity index (χ4v) is 1.04. The zero-order valence-electron chi connectivity index (χ0n) is 10.2. The molecule has 0 aliphatic heterocycles. The molecule has 0 rings (SSSR count). The molecule has 0 amide bonds. The van der Waals surface area contributed by atoms with Gasteiger partial charge in [-0.2, -0.15) is 0 Å². The zero-order chi connectivity index (χ0) is 11.4. The third-order valence-corrected chi connectivity index (χ3v) is 3.04. The van der Waals surface area contributed by atoms with Crippen LogP contribution in [-0.4, -0.2) is 10.7 Å². The van der Waals surface area contributed by atoms with Crippen molar-refractivity contribution in [3.63, 3.8) is 0 Å². The van der Waals surface area contributed by atoms with Gasteiger partial charge in [-0.15, -0.1) is 0 Å². The fourth-order valence-electron chi connectivity index (χ4n) is 1.04. The van der Waals surface area contributed by atoms with Crippen molar-refractivity contribution in [2.75, 3.05) is 0 Å². The lowest BCUT2D eigenvalue weighted by Gasteiger charge is -2.37. The molecule has 1 N–H and O–H groups in total. The van der Waals surface area contributed by atoms with E-state index in [2.05, 4.69) is 33.4 Å². The van der Waals surface area contributed by atoms with Crippen LogP contribution in [-0.2, 0) is 0 Å². The van der Waals surface area contributed by atoms with E-state index in [0.717, 1.165) is 12.8 Å². The Hall–Kier alpha value is -0.560. The van der Waals surface area contributed by atoms with E-state index in [-0.39, 0.29) is 5.41 Å². The molecule has 0 bridgehead atoms. The van der Waals surface area contributed by atoms with Crippen molar-refractivity contribution in [2.45, 2.75) is 53.1 Å². The van der Waals surface area contributed by atoms with Crippen LogP contribution in [0.4, 0.5) is 0 Å². The molecule has 14 heavy (non-hydrogen) atoms. The van der Waals surface area contributed by atoms with E-state index in [1.807, 2.05) is 19.9 Å². The van der Waals surface area contributed by atoms with Crippen LogP contribution in [0, 0.1) is 5.41 Å². The molecule has 0 radical (unpaired) electrons. The van der Waals surface area contributed by atoms with E-state index in [1.165, 1.54) is 5.57 Å². The second kappa shape index (κ2) is 4.79. The summed E-state index contributed by atoms with van der Waals surface area (Å²) in [6, 6.07) is 0. The van der Waals surface area contributed by atoms with Crippen LogP contribution >= 0.6 is 0 Å². The minimum absolute atomic E-state index is 0.0665. The van der Waals surface area contributed by atoms with Crippen LogP contribution in [0.25, 0.3) is 0 Å². The molecule has 1 unspecified atom stereocenters. The van der Waals surface area contributed by atoms with Gasteiger partial charge < -0.3 is 5.11 Å². The molecular weight excluding hydrogens is 172 g/mol. The number of hydrogen-bond donors (Lipinski definition) is 1. The minimum Gasteiger partial charge on any atom is -0.390 e. The number of allylic oxidation sites excluding steroid dienone is 3. The topological polar surface area (TPSA) is 20.2 Å². The molecule has 0 fully saturated rings. The van der Waals surface area contributed by atoms with Gasteiger partial charge in [0.1, 0.15) is 0 Å². The van der Waals surface area contributed by atoms with Crippen molar-refractivity contribution in [1.29, 1.82) is 0 Å². The molecule has 1 nitrogen and oxygen atoms in total. The first-order valence-electron chi connectivity index (χ1n) is 5.22. The highest BCUT2D eigenvalue weighted by Crippen LogP contribution is 2.33. The van der Waals surface area contributed by atoms with E-state index in [0.29, 0.717) is 0 Å². The summed E-state index contributed by atoms with van der Waals surface area (Å²) in [5.74, 6) is 0. The molecular formula is C13H24O. The van der Waals surface area contributed by atoms with Crippen molar-refractivity contribution >= 4 is 0 Å². The Bertz CT molecular complexity index is 216. The molecule has 0 aromatic rings. The number of hydrogen-bond acceptors (Lipinski definition) is 1. The Kier molecular flexibility index (Phi) is 4.60. The Morgan fingerprint density at radius 1 is 1.29 bits per heavy atom. The van der Waals surface area contributed by atoms with Crippen LogP contribution in [0.2, 0.25) is 0 Å². The highest BCUT2D eigenvalue weighted by Gasteiger charge is 2.34. The highest BCUT2D eigenvalue weighted by molar-refractivity contribution is 5.12. The van der Waals surface area contributed by atoms with Crippen LogP contribution in [0.5, 0.6) is 0 Å². The molecule has 0 aromatic carbocycles. The molecule has 1 atom stereocenters. The van der Waals surface area contributed by atoms with Crippen molar-refractivity contribution in [3.05, 3.63) is 24.3 Å². The quantitative estimate of drug-likeness (QED) is 0.680. The summed E-state index contributed by atoms with van der Waals surface area (Å²) in [5.41, 5.74) is 0.503. The van der Waals surface area contributed by atoms with Gasteiger partial charge in [-0.25, -0.2) is 0 Å². The lowest BCUT2D eigenvalue weighted by Crippen LogP contribution is -2.39. The second-order valence-corrected chi connectivity index (χ2v) is 5.21. The third-order valence-electron chi connectivity index (χ3n) is 3.04. The Balaban J connectivity index is 4.20. The van der Waals surface area contributed by atoms with Crippen molar-refractivity contribution in [3.8, 4) is 0 Å². The van der Waals surface area contributed by atoms with Gasteiger partial charge in [0.25, 0.3) is 0 Å². The zero-order valence-corrected chi connectivity index (χ0v) is 10.2. The van der Waals surface area contributed by atoms with Gasteiger partial charge in [0.05, 0.1) is 5.60 Å². The van der Waals surface area contributed by atoms with Gasteiger partial charge in [0.15, 0.2) is 0 Å². The Labute approximate surface area is 88.5 Å². The molecule has 0 aromatic heterocycles. The van der Waals surface area contributed by atoms with E-state index in [9.17, 15) is 5.11 Å². The van der Waals surface area contributed by atoms with Crippen LogP contribution in [0.15, 0.2) is 24.3 Å². The van der Waals surface area contributed by atoms with Crippen LogP contribution in [0.3, 0.4) is 0 Å². The summed E-state index contributed by atoms with van der Waals surface area (Å²) in [4.78, 5) is 0. The number of aliphatic hydroxyl groups is 1. The van der Waals surface area contributed by atoms with Gasteiger partial charge in [0.2, 0.25) is 0 Å². The lowest BCUT2D eigenvalue weighted by atomic mass is 9.75. The van der Waals surface area contributed by atoms with Crippen molar-refractivity contribution in [1.82, 2.24) is 0 Å². The number of rotatable bonds is 4. The third kappa shape index (κ3) is 4.10. The fraction of sp³-hybridized carbons (Fsp3) is 0.692. The highest BCUT2D eigenvalue weighted by atomic mass is 16.3. The second-order valence-electron chi connectivity index (χ2n) is 5.21. The largest absolute Gasteiger partial charge is 0.390 e. The van der Waals surface area contributed by atoms with Gasteiger partial charge in [0, 0.05) is 0 Å². The Morgan fingerprint density at radius 3 is 2.14 bits per heavy atom. The van der Waals surface area contributed by atoms with Crippen molar-refractivity contribution in [2.24, 2.45) is 5.41 Å². The van der Waals surface area contributed by atoms with E-state index in [4.69, 9.17) is 0 Å². The summed E-state index contributed by atoms with van der Waals surface area (Å²) in [5, 5.41) is 10.2. The van der Waals surface area contributed by atoms with E-state index < -0.39 is 5.60 Å². The first-order valence-corrected chi connectivity index (χ1v) is 5.22. The van der Waals surface area contributed by atoms with Gasteiger partial charge >= 0.3 is 0 Å². The summed E-state index contributed by atoms with van der Waals surface area (Å²) in [6.45, 7) is 13.8. The van der Waals surface area contributed by atoms with Crippen molar-refractivity contribution < 1.29 is 5.11 Å². The first-order chi connectivity index (χ1) is 6.20. The minimum atomic E-state index is -0.606. The maximum Gasteiger partial charge on any atom is 0.0670 e. The molecule has 0 heterocycles. The van der Waals surface area contributed by atoms with E-state index >= 15 is 0 Å². The van der Waals surface area contributed by atoms with Gasteiger partial charge in [-0.3, -0.25) is 0 Å². The predicted octanol–water partition coefficient (Wildman–Crippen LogP) is 3.70. The molecule has 82 valence electrons.